The Kier molecular flexibility index (Phi) is 4.03. The van der Waals surface area contributed by atoms with Crippen LogP contribution >= 0.6 is 0 Å². The molecule has 0 bridgehead atoms. The fourth-order valence-corrected chi connectivity index (χ4v) is 1.03. The monoisotopic (exact) mass is 174 g/mol. The van der Waals surface area contributed by atoms with Gasteiger partial charge in [-0.1, -0.05) is 20.8 Å². The molecular weight excluding hydrogens is 156 g/mol. The molecule has 0 unspecified atom stereocenters. The van der Waals surface area contributed by atoms with E-state index in [9.17, 15) is 4.79 Å². The molecule has 0 radical (unpaired) electrons. The maximum absolute atomic E-state index is 10.2. The summed E-state index contributed by atoms with van der Waals surface area (Å²) in [6.07, 6.45) is 0.0414. The maximum atomic E-state index is 10.2. The summed E-state index contributed by atoms with van der Waals surface area (Å²) >= 11 is 0. The summed E-state index contributed by atoms with van der Waals surface area (Å²) in [4.78, 5) is 10.2. The van der Waals surface area contributed by atoms with Crippen LogP contribution in [-0.2, 0) is 4.74 Å². The minimum absolute atomic E-state index is 0.127. The fraction of sp³-hybridized carbons (Fsp3) is 0.875. The Balaban J connectivity index is 3.60. The first-order chi connectivity index (χ1) is 5.31. The van der Waals surface area contributed by atoms with E-state index < -0.39 is 6.09 Å². The van der Waals surface area contributed by atoms with Gasteiger partial charge in [-0.25, -0.2) is 4.79 Å². The number of rotatable bonds is 3. The van der Waals surface area contributed by atoms with Gasteiger partial charge < -0.3 is 16.2 Å². The number of hydrogen-bond donors (Lipinski definition) is 2. The first-order valence-electron chi connectivity index (χ1n) is 3.99. The van der Waals surface area contributed by atoms with Crippen molar-refractivity contribution in [1.82, 2.24) is 0 Å². The molecule has 0 rings (SSSR count). The van der Waals surface area contributed by atoms with Gasteiger partial charge in [-0.3, -0.25) is 0 Å². The number of amides is 1. The topological polar surface area (TPSA) is 78.3 Å². The van der Waals surface area contributed by atoms with E-state index in [1.165, 1.54) is 0 Å². The summed E-state index contributed by atoms with van der Waals surface area (Å²) < 4.78 is 4.56. The zero-order valence-electron chi connectivity index (χ0n) is 7.96. The van der Waals surface area contributed by atoms with E-state index in [4.69, 9.17) is 11.5 Å². The number of ether oxygens (including phenoxy) is 1. The van der Waals surface area contributed by atoms with E-state index in [1.54, 1.807) is 0 Å². The number of carbonyl (C=O) groups excluding carboxylic acids is 1. The molecule has 0 fully saturated rings. The van der Waals surface area contributed by atoms with Crippen molar-refractivity contribution in [2.24, 2.45) is 16.9 Å². The standard InChI is InChI=1S/C8H18N2O2/c1-8(2,3)4-6(9)5-12-7(10)11/h6H,4-5,9H2,1-3H3,(H2,10,11)/t6-/m0/s1. The van der Waals surface area contributed by atoms with Gasteiger partial charge in [0, 0.05) is 6.04 Å². The van der Waals surface area contributed by atoms with E-state index in [1.807, 2.05) is 0 Å². The lowest BCUT2D eigenvalue weighted by atomic mass is 9.89. The van der Waals surface area contributed by atoms with Gasteiger partial charge in [0.2, 0.25) is 0 Å². The lowest BCUT2D eigenvalue weighted by Crippen LogP contribution is -2.33. The predicted octanol–water partition coefficient (Wildman–Crippen LogP) is 0.845. The van der Waals surface area contributed by atoms with Crippen LogP contribution in [0, 0.1) is 5.41 Å². The molecule has 4 nitrogen and oxygen atoms in total. The van der Waals surface area contributed by atoms with Crippen molar-refractivity contribution in [3.05, 3.63) is 0 Å². The summed E-state index contributed by atoms with van der Waals surface area (Å²) in [5, 5.41) is 0. The van der Waals surface area contributed by atoms with Crippen molar-refractivity contribution < 1.29 is 9.53 Å². The van der Waals surface area contributed by atoms with Gasteiger partial charge in [-0.15, -0.1) is 0 Å². The van der Waals surface area contributed by atoms with Crippen molar-refractivity contribution in [3.8, 4) is 0 Å². The molecule has 0 aliphatic carbocycles. The van der Waals surface area contributed by atoms with Crippen LogP contribution in [0.3, 0.4) is 0 Å². The lowest BCUT2D eigenvalue weighted by molar-refractivity contribution is 0.141. The minimum atomic E-state index is -0.764. The molecule has 4 N–H and O–H groups in total. The largest absolute Gasteiger partial charge is 0.448 e. The summed E-state index contributed by atoms with van der Waals surface area (Å²) in [5.41, 5.74) is 10.6. The average Bonchev–Trinajstić information content (AvgIpc) is 1.79. The molecule has 0 saturated carbocycles. The van der Waals surface area contributed by atoms with Crippen molar-refractivity contribution in [2.75, 3.05) is 6.61 Å². The van der Waals surface area contributed by atoms with Crippen LogP contribution in [0.25, 0.3) is 0 Å². The van der Waals surface area contributed by atoms with Crippen LogP contribution in [-0.4, -0.2) is 18.7 Å². The second kappa shape index (κ2) is 4.30. The van der Waals surface area contributed by atoms with Crippen molar-refractivity contribution in [1.29, 1.82) is 0 Å². The van der Waals surface area contributed by atoms with Gasteiger partial charge in [0.1, 0.15) is 6.61 Å². The highest BCUT2D eigenvalue weighted by molar-refractivity contribution is 5.64. The highest BCUT2D eigenvalue weighted by Gasteiger charge is 2.16. The predicted molar refractivity (Wildman–Crippen MR) is 47.6 cm³/mol. The van der Waals surface area contributed by atoms with Crippen LogP contribution in [0.5, 0.6) is 0 Å². The van der Waals surface area contributed by atoms with E-state index >= 15 is 0 Å². The Morgan fingerprint density at radius 3 is 2.33 bits per heavy atom. The van der Waals surface area contributed by atoms with Gasteiger partial charge in [0.05, 0.1) is 0 Å². The molecule has 72 valence electrons. The second-order valence-corrected chi connectivity index (χ2v) is 4.15. The first-order valence-corrected chi connectivity index (χ1v) is 3.99. The molecule has 0 heterocycles. The number of nitrogens with two attached hydrogens (primary N) is 2. The molecule has 0 aromatic carbocycles. The van der Waals surface area contributed by atoms with Crippen LogP contribution in [0.15, 0.2) is 0 Å². The molecule has 0 aromatic rings. The molecule has 0 spiro atoms. The maximum Gasteiger partial charge on any atom is 0.404 e. The molecule has 0 aromatic heterocycles. The highest BCUT2D eigenvalue weighted by atomic mass is 16.5. The fourth-order valence-electron chi connectivity index (χ4n) is 1.03. The quantitative estimate of drug-likeness (QED) is 0.665. The van der Waals surface area contributed by atoms with Crippen molar-refractivity contribution in [3.63, 3.8) is 0 Å². The molecule has 0 aliphatic rings. The lowest BCUT2D eigenvalue weighted by Gasteiger charge is -2.22. The van der Waals surface area contributed by atoms with Crippen LogP contribution in [0.4, 0.5) is 4.79 Å². The Bertz CT molecular complexity index is 152. The van der Waals surface area contributed by atoms with Gasteiger partial charge >= 0.3 is 6.09 Å². The molecular formula is C8H18N2O2. The molecule has 1 atom stereocenters. The Hall–Kier alpha value is -0.770. The Morgan fingerprint density at radius 1 is 1.50 bits per heavy atom. The zero-order chi connectivity index (χ0) is 9.78. The minimum Gasteiger partial charge on any atom is -0.448 e. The number of carbonyl (C=O) groups is 1. The summed E-state index contributed by atoms with van der Waals surface area (Å²) in [5.74, 6) is 0. The Labute approximate surface area is 73.2 Å². The van der Waals surface area contributed by atoms with Gasteiger partial charge in [0.25, 0.3) is 0 Å². The highest BCUT2D eigenvalue weighted by Crippen LogP contribution is 2.19. The number of primary amides is 1. The second-order valence-electron chi connectivity index (χ2n) is 4.15. The van der Waals surface area contributed by atoms with E-state index in [0.29, 0.717) is 0 Å². The first kappa shape index (κ1) is 11.2. The molecule has 12 heavy (non-hydrogen) atoms. The summed E-state index contributed by atoms with van der Waals surface area (Å²) in [6.45, 7) is 6.44. The van der Waals surface area contributed by atoms with E-state index in [2.05, 4.69) is 25.5 Å². The van der Waals surface area contributed by atoms with Gasteiger partial charge in [0.15, 0.2) is 0 Å². The summed E-state index contributed by atoms with van der Waals surface area (Å²) in [7, 11) is 0. The van der Waals surface area contributed by atoms with Gasteiger partial charge in [-0.2, -0.15) is 0 Å². The van der Waals surface area contributed by atoms with Crippen LogP contribution < -0.4 is 11.5 Å². The molecule has 0 saturated heterocycles. The van der Waals surface area contributed by atoms with Crippen LogP contribution in [0.1, 0.15) is 27.2 Å². The van der Waals surface area contributed by atoms with Gasteiger partial charge in [-0.05, 0) is 11.8 Å². The van der Waals surface area contributed by atoms with Crippen LogP contribution in [0.2, 0.25) is 0 Å². The third-order valence-corrected chi connectivity index (χ3v) is 1.31. The van der Waals surface area contributed by atoms with Crippen molar-refractivity contribution >= 4 is 6.09 Å². The van der Waals surface area contributed by atoms with E-state index in [0.717, 1.165) is 6.42 Å². The third-order valence-electron chi connectivity index (χ3n) is 1.31. The third kappa shape index (κ3) is 7.34. The zero-order valence-corrected chi connectivity index (χ0v) is 7.96. The van der Waals surface area contributed by atoms with E-state index in [-0.39, 0.29) is 18.1 Å². The number of hydrogen-bond acceptors (Lipinski definition) is 3. The Morgan fingerprint density at radius 2 is 2.00 bits per heavy atom. The average molecular weight is 174 g/mol. The van der Waals surface area contributed by atoms with Crippen molar-refractivity contribution in [2.45, 2.75) is 33.2 Å². The normalized spacial score (nSPS) is 14.0. The molecule has 0 aliphatic heterocycles. The SMILES string of the molecule is CC(C)(C)C[C@H](N)COC(N)=O. The summed E-state index contributed by atoms with van der Waals surface area (Å²) in [6, 6.07) is -0.127. The smallest absolute Gasteiger partial charge is 0.404 e. The molecule has 1 amide bonds. The molecule has 4 heteroatoms.